The minimum Gasteiger partial charge on any atom is -0.284 e. The molecule has 92 valence electrons. The Labute approximate surface area is 101 Å². The van der Waals surface area contributed by atoms with Crippen LogP contribution >= 0.6 is 31.0 Å². The first-order valence-corrected chi connectivity index (χ1v) is 6.98. The summed E-state index contributed by atoms with van der Waals surface area (Å²) in [5.41, 5.74) is 0. The topological polar surface area (TPSA) is 44.8 Å². The predicted molar refractivity (Wildman–Crippen MR) is 61.5 cm³/mol. The maximum Gasteiger partial charge on any atom is 0.475 e. The average Bonchev–Trinajstić information content (AvgIpc) is 1.97. The summed E-state index contributed by atoms with van der Waals surface area (Å²) in [6.45, 7) is 6.84. The van der Waals surface area contributed by atoms with Crippen molar-refractivity contribution >= 4 is 31.0 Å². The molecule has 0 aromatic heterocycles. The molecular formula is C8H17Cl2O4P. The van der Waals surface area contributed by atoms with Crippen LogP contribution in [0, 0.1) is 0 Å². The van der Waals surface area contributed by atoms with Crippen molar-refractivity contribution in [1.29, 1.82) is 0 Å². The highest BCUT2D eigenvalue weighted by molar-refractivity contribution is 7.48. The fourth-order valence-corrected chi connectivity index (χ4v) is 2.59. The Bertz CT molecular complexity index is 207. The van der Waals surface area contributed by atoms with Crippen molar-refractivity contribution in [3.8, 4) is 0 Å². The number of halogens is 2. The van der Waals surface area contributed by atoms with Crippen LogP contribution in [0.1, 0.15) is 27.7 Å². The molecular weight excluding hydrogens is 262 g/mol. The van der Waals surface area contributed by atoms with Crippen molar-refractivity contribution in [2.24, 2.45) is 0 Å². The molecule has 0 saturated carbocycles. The highest BCUT2D eigenvalue weighted by Gasteiger charge is 2.30. The molecule has 0 spiro atoms. The summed E-state index contributed by atoms with van der Waals surface area (Å²) in [6.07, 6.45) is -0.530. The van der Waals surface area contributed by atoms with Crippen molar-refractivity contribution in [1.82, 2.24) is 0 Å². The molecule has 0 aromatic rings. The van der Waals surface area contributed by atoms with Gasteiger partial charge in [0.15, 0.2) is 0 Å². The molecule has 0 saturated heterocycles. The van der Waals surface area contributed by atoms with E-state index in [2.05, 4.69) is 0 Å². The number of phosphoric ester groups is 1. The molecule has 4 nitrogen and oxygen atoms in total. The van der Waals surface area contributed by atoms with Gasteiger partial charge in [-0.1, -0.05) is 0 Å². The van der Waals surface area contributed by atoms with Gasteiger partial charge in [-0.05, 0) is 27.7 Å². The van der Waals surface area contributed by atoms with Crippen LogP contribution in [0.4, 0.5) is 0 Å². The molecule has 0 N–H and O–H groups in total. The maximum absolute atomic E-state index is 12.0. The fraction of sp³-hybridized carbons (Fsp3) is 1.00. The Morgan fingerprint density at radius 3 is 1.73 bits per heavy atom. The molecule has 0 aliphatic carbocycles. The van der Waals surface area contributed by atoms with E-state index in [1.807, 2.05) is 0 Å². The van der Waals surface area contributed by atoms with Crippen LogP contribution < -0.4 is 0 Å². The molecule has 0 aromatic carbocycles. The van der Waals surface area contributed by atoms with E-state index in [0.29, 0.717) is 0 Å². The molecule has 7 heteroatoms. The highest BCUT2D eigenvalue weighted by atomic mass is 35.5. The third-order valence-corrected chi connectivity index (χ3v) is 3.12. The lowest BCUT2D eigenvalue weighted by Crippen LogP contribution is -2.12. The molecule has 0 heterocycles. The lowest BCUT2D eigenvalue weighted by atomic mass is 10.5. The van der Waals surface area contributed by atoms with Crippen LogP contribution in [-0.2, 0) is 18.1 Å². The summed E-state index contributed by atoms with van der Waals surface area (Å²) in [4.78, 5) is -0.759. The second-order valence-electron chi connectivity index (χ2n) is 3.44. The van der Waals surface area contributed by atoms with Gasteiger partial charge in [0.2, 0.25) is 0 Å². The zero-order chi connectivity index (χ0) is 12.1. The van der Waals surface area contributed by atoms with E-state index in [1.54, 1.807) is 27.7 Å². The molecule has 0 atom stereocenters. The van der Waals surface area contributed by atoms with Crippen molar-refractivity contribution < 1.29 is 18.1 Å². The van der Waals surface area contributed by atoms with Gasteiger partial charge < -0.3 is 0 Å². The second-order valence-corrected chi connectivity index (χ2v) is 6.29. The van der Waals surface area contributed by atoms with Gasteiger partial charge in [0.25, 0.3) is 0 Å². The third kappa shape index (κ3) is 8.49. The van der Waals surface area contributed by atoms with Gasteiger partial charge in [-0.3, -0.25) is 13.6 Å². The summed E-state index contributed by atoms with van der Waals surface area (Å²) < 4.78 is 27.1. The molecule has 0 amide bonds. The Morgan fingerprint density at radius 1 is 1.07 bits per heavy atom. The summed E-state index contributed by atoms with van der Waals surface area (Å²) in [5, 5.41) is 0. The quantitative estimate of drug-likeness (QED) is 0.525. The summed E-state index contributed by atoms with van der Waals surface area (Å²) in [6, 6.07) is 0. The van der Waals surface area contributed by atoms with E-state index in [4.69, 9.17) is 36.8 Å². The van der Waals surface area contributed by atoms with Crippen molar-refractivity contribution in [2.45, 2.75) is 44.7 Å². The Balaban J connectivity index is 4.34. The van der Waals surface area contributed by atoms with Crippen LogP contribution in [0.3, 0.4) is 0 Å². The van der Waals surface area contributed by atoms with E-state index in [-0.39, 0.29) is 18.8 Å². The standard InChI is InChI=1S/C8H17Cl2O4P/c1-6(2)13-15(11,14-7(3)4)12-5-8(9)10/h6-8H,5H2,1-4H3. The molecule has 0 rings (SSSR count). The number of phosphoric acid groups is 1. The second kappa shape index (κ2) is 7.10. The molecule has 0 radical (unpaired) electrons. The Kier molecular flexibility index (Phi) is 7.43. The van der Waals surface area contributed by atoms with Gasteiger partial charge in [0, 0.05) is 0 Å². The van der Waals surface area contributed by atoms with E-state index in [1.165, 1.54) is 0 Å². The lowest BCUT2D eigenvalue weighted by Gasteiger charge is -2.21. The van der Waals surface area contributed by atoms with Crippen molar-refractivity contribution in [3.63, 3.8) is 0 Å². The number of alkyl halides is 2. The molecule has 15 heavy (non-hydrogen) atoms. The highest BCUT2D eigenvalue weighted by Crippen LogP contribution is 2.51. The SMILES string of the molecule is CC(C)OP(=O)(OCC(Cl)Cl)OC(C)C. The molecule has 0 aliphatic rings. The van der Waals surface area contributed by atoms with Gasteiger partial charge in [-0.25, -0.2) is 4.57 Å². The average molecular weight is 279 g/mol. The lowest BCUT2D eigenvalue weighted by molar-refractivity contribution is 0.0744. The fourth-order valence-electron chi connectivity index (χ4n) is 0.750. The number of hydrogen-bond donors (Lipinski definition) is 0. The van der Waals surface area contributed by atoms with E-state index < -0.39 is 12.7 Å². The zero-order valence-corrected chi connectivity index (χ0v) is 11.7. The molecule has 0 fully saturated rings. The molecule has 0 bridgehead atoms. The van der Waals surface area contributed by atoms with Gasteiger partial charge >= 0.3 is 7.82 Å². The first-order valence-electron chi connectivity index (χ1n) is 4.64. The zero-order valence-electron chi connectivity index (χ0n) is 9.28. The molecule has 0 unspecified atom stereocenters. The monoisotopic (exact) mass is 278 g/mol. The van der Waals surface area contributed by atoms with Gasteiger partial charge in [-0.15, -0.1) is 23.2 Å². The predicted octanol–water partition coefficient (Wildman–Crippen LogP) is 3.76. The smallest absolute Gasteiger partial charge is 0.284 e. The third-order valence-electron chi connectivity index (χ3n) is 1.04. The van der Waals surface area contributed by atoms with Gasteiger partial charge in [0.05, 0.1) is 18.8 Å². The van der Waals surface area contributed by atoms with Crippen LogP contribution in [0.2, 0.25) is 0 Å². The summed E-state index contributed by atoms with van der Waals surface area (Å²) in [5.74, 6) is 0. The van der Waals surface area contributed by atoms with Gasteiger partial charge in [-0.2, -0.15) is 0 Å². The minimum absolute atomic E-state index is 0.0974. The Morgan fingerprint density at radius 2 is 1.47 bits per heavy atom. The van der Waals surface area contributed by atoms with E-state index in [0.717, 1.165) is 0 Å². The number of rotatable bonds is 7. The first-order chi connectivity index (χ1) is 6.75. The van der Waals surface area contributed by atoms with Gasteiger partial charge in [0.1, 0.15) is 4.84 Å². The number of hydrogen-bond acceptors (Lipinski definition) is 4. The van der Waals surface area contributed by atoms with Crippen molar-refractivity contribution in [2.75, 3.05) is 6.61 Å². The van der Waals surface area contributed by atoms with Crippen LogP contribution in [-0.4, -0.2) is 23.7 Å². The Hall–Kier alpha value is 0.690. The van der Waals surface area contributed by atoms with E-state index in [9.17, 15) is 4.57 Å². The first kappa shape index (κ1) is 15.7. The molecule has 0 aliphatic heterocycles. The van der Waals surface area contributed by atoms with Crippen LogP contribution in [0.25, 0.3) is 0 Å². The van der Waals surface area contributed by atoms with E-state index >= 15 is 0 Å². The largest absolute Gasteiger partial charge is 0.475 e. The van der Waals surface area contributed by atoms with Crippen LogP contribution in [0.15, 0.2) is 0 Å². The summed E-state index contributed by atoms with van der Waals surface area (Å²) in [7, 11) is -3.55. The summed E-state index contributed by atoms with van der Waals surface area (Å²) >= 11 is 10.9. The minimum atomic E-state index is -3.55. The maximum atomic E-state index is 12.0. The normalized spacial score (nSPS) is 13.1. The van der Waals surface area contributed by atoms with Crippen molar-refractivity contribution in [3.05, 3.63) is 0 Å². The van der Waals surface area contributed by atoms with Crippen LogP contribution in [0.5, 0.6) is 0 Å².